The summed E-state index contributed by atoms with van der Waals surface area (Å²) in [6.45, 7) is 3.76. The lowest BCUT2D eigenvalue weighted by Crippen LogP contribution is -2.30. The molecule has 0 atom stereocenters. The first-order valence-corrected chi connectivity index (χ1v) is 6.54. The number of amides is 1. The van der Waals surface area contributed by atoms with E-state index in [9.17, 15) is 27.9 Å². The number of alkyl halides is 3. The van der Waals surface area contributed by atoms with E-state index in [1.165, 1.54) is 30.3 Å². The normalized spacial score (nSPS) is 12.4. The highest BCUT2D eigenvalue weighted by molar-refractivity contribution is 6.17. The second kappa shape index (κ2) is 7.11. The summed E-state index contributed by atoms with van der Waals surface area (Å²) >= 11 is 0. The quantitative estimate of drug-likeness (QED) is 0.814. The summed E-state index contributed by atoms with van der Waals surface area (Å²) in [5.41, 5.74) is -0.303. The summed E-state index contributed by atoms with van der Waals surface area (Å²) in [7, 11) is 0. The zero-order chi connectivity index (χ0) is 16.9. The van der Waals surface area contributed by atoms with Gasteiger partial charge in [0, 0.05) is 11.3 Å². The Morgan fingerprint density at radius 3 is 2.36 bits per heavy atom. The predicted molar refractivity (Wildman–Crippen MR) is 76.2 cm³/mol. The van der Waals surface area contributed by atoms with Crippen LogP contribution in [0.15, 0.2) is 30.3 Å². The summed E-state index contributed by atoms with van der Waals surface area (Å²) in [6, 6.07) is 5.49. The standard InChI is InChI=1S/C15H16F3NO3/c1-9(2)7-8-11(13(20)21)10-5-3-4-6-12(10)19-14(22)15(16,17)18/h3-6,8-9H,7H2,1-2H3,(H,19,22)(H,20,21)/b11-8+. The van der Waals surface area contributed by atoms with E-state index >= 15 is 0 Å². The molecule has 2 N–H and O–H groups in total. The summed E-state index contributed by atoms with van der Waals surface area (Å²) in [5, 5.41) is 11.0. The Bertz CT molecular complexity index is 592. The van der Waals surface area contributed by atoms with Crippen molar-refractivity contribution in [2.75, 3.05) is 5.32 Å². The molecule has 0 unspecified atom stereocenters. The Balaban J connectivity index is 3.21. The third-order valence-electron chi connectivity index (χ3n) is 2.75. The number of carbonyl (C=O) groups excluding carboxylic acids is 1. The van der Waals surface area contributed by atoms with Crippen LogP contribution in [-0.4, -0.2) is 23.2 Å². The van der Waals surface area contributed by atoms with Crippen LogP contribution in [0.1, 0.15) is 25.8 Å². The lowest BCUT2D eigenvalue weighted by Gasteiger charge is -2.13. The largest absolute Gasteiger partial charge is 0.478 e. The summed E-state index contributed by atoms with van der Waals surface area (Å²) < 4.78 is 37.0. The van der Waals surface area contributed by atoms with Gasteiger partial charge in [0.1, 0.15) is 0 Å². The minimum absolute atomic E-state index is 0.0354. The maximum absolute atomic E-state index is 12.3. The molecule has 1 amide bonds. The number of rotatable bonds is 5. The van der Waals surface area contributed by atoms with Crippen molar-refractivity contribution in [3.8, 4) is 0 Å². The molecule has 1 aromatic rings. The fourth-order valence-corrected chi connectivity index (χ4v) is 1.69. The summed E-state index contributed by atoms with van der Waals surface area (Å²) in [4.78, 5) is 22.4. The molecule has 0 bridgehead atoms. The molecular formula is C15H16F3NO3. The van der Waals surface area contributed by atoms with E-state index < -0.39 is 18.1 Å². The first-order valence-electron chi connectivity index (χ1n) is 6.54. The third kappa shape index (κ3) is 4.91. The first-order chi connectivity index (χ1) is 10.1. The SMILES string of the molecule is CC(C)C/C=C(/C(=O)O)c1ccccc1NC(=O)C(F)(F)F. The second-order valence-electron chi connectivity index (χ2n) is 5.05. The van der Waals surface area contributed by atoms with Gasteiger partial charge in [-0.2, -0.15) is 13.2 Å². The molecular weight excluding hydrogens is 299 g/mol. The Labute approximate surface area is 125 Å². The van der Waals surface area contributed by atoms with Crippen LogP contribution in [0.4, 0.5) is 18.9 Å². The van der Waals surface area contributed by atoms with Crippen LogP contribution in [0.2, 0.25) is 0 Å². The van der Waals surface area contributed by atoms with Gasteiger partial charge in [-0.3, -0.25) is 4.79 Å². The van der Waals surface area contributed by atoms with Crippen molar-refractivity contribution >= 4 is 23.1 Å². The Hall–Kier alpha value is -2.31. The van der Waals surface area contributed by atoms with Crippen molar-refractivity contribution in [3.63, 3.8) is 0 Å². The summed E-state index contributed by atoms with van der Waals surface area (Å²) in [6.07, 6.45) is -3.16. The van der Waals surface area contributed by atoms with Crippen molar-refractivity contribution in [1.82, 2.24) is 0 Å². The van der Waals surface area contributed by atoms with Gasteiger partial charge in [-0.1, -0.05) is 38.1 Å². The Morgan fingerprint density at radius 2 is 1.86 bits per heavy atom. The molecule has 22 heavy (non-hydrogen) atoms. The van der Waals surface area contributed by atoms with Gasteiger partial charge in [-0.15, -0.1) is 0 Å². The third-order valence-corrected chi connectivity index (χ3v) is 2.75. The van der Waals surface area contributed by atoms with E-state index in [0.29, 0.717) is 6.42 Å². The molecule has 0 fully saturated rings. The molecule has 1 aromatic carbocycles. The molecule has 0 aliphatic rings. The molecule has 0 saturated carbocycles. The number of nitrogens with one attached hydrogen (secondary N) is 1. The molecule has 1 rings (SSSR count). The van der Waals surface area contributed by atoms with Crippen LogP contribution >= 0.6 is 0 Å². The minimum atomic E-state index is -5.04. The van der Waals surface area contributed by atoms with Crippen molar-refractivity contribution in [2.45, 2.75) is 26.4 Å². The van der Waals surface area contributed by atoms with Crippen LogP contribution in [0.25, 0.3) is 5.57 Å². The molecule has 0 aliphatic heterocycles. The van der Waals surface area contributed by atoms with Gasteiger partial charge in [0.2, 0.25) is 0 Å². The average molecular weight is 315 g/mol. The van der Waals surface area contributed by atoms with Gasteiger partial charge >= 0.3 is 18.1 Å². The average Bonchev–Trinajstić information content (AvgIpc) is 2.38. The Kier molecular flexibility index (Phi) is 5.73. The number of carbonyl (C=O) groups is 2. The maximum Gasteiger partial charge on any atom is 0.471 e. The lowest BCUT2D eigenvalue weighted by molar-refractivity contribution is -0.167. The molecule has 7 heteroatoms. The van der Waals surface area contributed by atoms with Crippen LogP contribution in [0.5, 0.6) is 0 Å². The van der Waals surface area contributed by atoms with E-state index in [-0.39, 0.29) is 22.7 Å². The van der Waals surface area contributed by atoms with E-state index in [1.54, 1.807) is 5.32 Å². The molecule has 0 spiro atoms. The lowest BCUT2D eigenvalue weighted by atomic mass is 10.00. The number of hydrogen-bond donors (Lipinski definition) is 2. The molecule has 0 aliphatic carbocycles. The van der Waals surface area contributed by atoms with E-state index in [2.05, 4.69) is 0 Å². The van der Waals surface area contributed by atoms with Crippen LogP contribution in [0, 0.1) is 5.92 Å². The molecule has 120 valence electrons. The number of aliphatic carboxylic acids is 1. The van der Waals surface area contributed by atoms with Gasteiger partial charge in [0.05, 0.1) is 5.57 Å². The van der Waals surface area contributed by atoms with Gasteiger partial charge in [0.15, 0.2) is 0 Å². The van der Waals surface area contributed by atoms with Gasteiger partial charge in [-0.05, 0) is 18.4 Å². The number of allylic oxidation sites excluding steroid dienone is 1. The highest BCUT2D eigenvalue weighted by Gasteiger charge is 2.39. The number of halogens is 3. The fraction of sp³-hybridized carbons (Fsp3) is 0.333. The summed E-state index contributed by atoms with van der Waals surface area (Å²) in [5.74, 6) is -3.23. The van der Waals surface area contributed by atoms with Crippen LogP contribution in [-0.2, 0) is 9.59 Å². The van der Waals surface area contributed by atoms with Gasteiger partial charge < -0.3 is 10.4 Å². The number of anilines is 1. The number of hydrogen-bond acceptors (Lipinski definition) is 2. The highest BCUT2D eigenvalue weighted by Crippen LogP contribution is 2.27. The van der Waals surface area contributed by atoms with Gasteiger partial charge in [0.25, 0.3) is 0 Å². The molecule has 4 nitrogen and oxygen atoms in total. The number of carboxylic acids is 1. The topological polar surface area (TPSA) is 66.4 Å². The number of carboxylic acid groups (broad SMARTS) is 1. The molecule has 0 saturated heterocycles. The van der Waals surface area contributed by atoms with E-state index in [4.69, 9.17) is 0 Å². The second-order valence-corrected chi connectivity index (χ2v) is 5.05. The zero-order valence-corrected chi connectivity index (χ0v) is 12.1. The molecule has 0 aromatic heterocycles. The molecule has 0 radical (unpaired) electrons. The molecule has 0 heterocycles. The number of benzene rings is 1. The predicted octanol–water partition coefficient (Wildman–Crippen LogP) is 3.70. The van der Waals surface area contributed by atoms with Crippen LogP contribution < -0.4 is 5.32 Å². The van der Waals surface area contributed by atoms with Crippen molar-refractivity contribution in [2.24, 2.45) is 5.92 Å². The van der Waals surface area contributed by atoms with E-state index in [1.807, 2.05) is 13.8 Å². The monoisotopic (exact) mass is 315 g/mol. The highest BCUT2D eigenvalue weighted by atomic mass is 19.4. The van der Waals surface area contributed by atoms with Crippen molar-refractivity contribution in [3.05, 3.63) is 35.9 Å². The first kappa shape index (κ1) is 17.7. The van der Waals surface area contributed by atoms with Gasteiger partial charge in [-0.25, -0.2) is 4.79 Å². The smallest absolute Gasteiger partial charge is 0.471 e. The maximum atomic E-state index is 12.3. The Morgan fingerprint density at radius 1 is 1.27 bits per heavy atom. The number of para-hydroxylation sites is 1. The van der Waals surface area contributed by atoms with Crippen molar-refractivity contribution < 1.29 is 27.9 Å². The van der Waals surface area contributed by atoms with E-state index in [0.717, 1.165) is 0 Å². The zero-order valence-electron chi connectivity index (χ0n) is 12.1. The van der Waals surface area contributed by atoms with Crippen LogP contribution in [0.3, 0.4) is 0 Å². The minimum Gasteiger partial charge on any atom is -0.478 e. The fourth-order valence-electron chi connectivity index (χ4n) is 1.69. The van der Waals surface area contributed by atoms with Crippen molar-refractivity contribution in [1.29, 1.82) is 0 Å².